The van der Waals surface area contributed by atoms with Gasteiger partial charge in [0.15, 0.2) is 0 Å². The van der Waals surface area contributed by atoms with Gasteiger partial charge in [-0.15, -0.1) is 0 Å². The number of likely N-dealkylation sites (N-methyl/N-ethyl adjacent to an activating group) is 1. The molecule has 2 N–H and O–H groups in total. The van der Waals surface area contributed by atoms with Crippen LogP contribution in [0.25, 0.3) is 10.9 Å². The number of imide groups is 1. The van der Waals surface area contributed by atoms with Gasteiger partial charge in [0.25, 0.3) is 5.56 Å². The molecular formula is C41H49FN8O3. The van der Waals surface area contributed by atoms with Crippen molar-refractivity contribution in [2.75, 3.05) is 72.9 Å². The first-order valence-corrected chi connectivity index (χ1v) is 19.1. The molecule has 53 heavy (non-hydrogen) atoms. The van der Waals surface area contributed by atoms with Crippen LogP contribution < -0.4 is 30.9 Å². The second kappa shape index (κ2) is 14.5. The number of amides is 2. The number of carbonyl (C=O) groups is 2. The molecular weight excluding hydrogens is 672 g/mol. The number of carbonyl (C=O) groups excluding carboxylic acids is 2. The number of hydrogen-bond acceptors (Lipinski definition) is 9. The molecule has 0 saturated carbocycles. The maximum absolute atomic E-state index is 15.3. The Kier molecular flexibility index (Phi) is 9.57. The number of nitrogens with one attached hydrogen (secondary N) is 2. The number of fused-ring (bicyclic) bond motifs is 2. The summed E-state index contributed by atoms with van der Waals surface area (Å²) >= 11 is 0. The molecule has 3 fully saturated rings. The highest BCUT2D eigenvalue weighted by molar-refractivity contribution is 6.01. The zero-order valence-corrected chi connectivity index (χ0v) is 30.9. The van der Waals surface area contributed by atoms with Crippen molar-refractivity contribution in [3.63, 3.8) is 0 Å². The fraction of sp³-hybridized carbons (Fsp3) is 0.463. The van der Waals surface area contributed by atoms with Crippen LogP contribution in [0.5, 0.6) is 0 Å². The number of halogens is 1. The number of anilines is 5. The highest BCUT2D eigenvalue weighted by atomic mass is 19.1. The molecule has 4 aromatic rings. The predicted molar refractivity (Wildman–Crippen MR) is 208 cm³/mol. The minimum absolute atomic E-state index is 0.0449. The first-order valence-electron chi connectivity index (χ1n) is 19.1. The maximum atomic E-state index is 15.3. The van der Waals surface area contributed by atoms with Crippen LogP contribution in [0.4, 0.5) is 32.8 Å². The molecule has 0 aliphatic carbocycles. The van der Waals surface area contributed by atoms with E-state index < -0.39 is 6.04 Å². The van der Waals surface area contributed by atoms with E-state index in [9.17, 15) is 14.4 Å². The van der Waals surface area contributed by atoms with Gasteiger partial charge >= 0.3 is 0 Å². The minimum Gasteiger partial charge on any atom is -0.374 e. The van der Waals surface area contributed by atoms with Crippen molar-refractivity contribution in [1.29, 1.82) is 0 Å². The van der Waals surface area contributed by atoms with Crippen molar-refractivity contribution >= 4 is 51.2 Å². The highest BCUT2D eigenvalue weighted by Gasteiger charge is 2.30. The number of hydrogen-bond donors (Lipinski definition) is 2. The Balaban J connectivity index is 0.909. The highest BCUT2D eigenvalue weighted by Crippen LogP contribution is 2.42. The molecule has 3 saturated heterocycles. The van der Waals surface area contributed by atoms with Gasteiger partial charge in [0.2, 0.25) is 11.8 Å². The molecule has 0 spiro atoms. The molecule has 0 bridgehead atoms. The van der Waals surface area contributed by atoms with Gasteiger partial charge in [-0.1, -0.05) is 0 Å². The van der Waals surface area contributed by atoms with Crippen molar-refractivity contribution in [1.82, 2.24) is 19.8 Å². The Bertz CT molecular complexity index is 2100. The molecule has 1 atom stereocenters. The molecule has 1 unspecified atom stereocenters. The first-order chi connectivity index (χ1) is 25.6. The molecule has 2 aromatic carbocycles. The second-order valence-corrected chi connectivity index (χ2v) is 15.4. The Morgan fingerprint density at radius 3 is 2.40 bits per heavy atom. The van der Waals surface area contributed by atoms with Gasteiger partial charge in [0, 0.05) is 76.1 Å². The number of likely N-dealkylation sites (tertiary alicyclic amines) is 1. The van der Waals surface area contributed by atoms with Gasteiger partial charge in [-0.3, -0.25) is 24.7 Å². The molecule has 8 rings (SSSR count). The summed E-state index contributed by atoms with van der Waals surface area (Å²) in [5.74, 6) is 0.0327. The summed E-state index contributed by atoms with van der Waals surface area (Å²) in [5.41, 5.74) is 7.59. The van der Waals surface area contributed by atoms with E-state index >= 15 is 4.39 Å². The molecule has 0 radical (unpaired) electrons. The van der Waals surface area contributed by atoms with Gasteiger partial charge in [-0.25, -0.2) is 4.39 Å². The van der Waals surface area contributed by atoms with Crippen LogP contribution >= 0.6 is 0 Å². The lowest BCUT2D eigenvalue weighted by Crippen LogP contribution is -2.47. The van der Waals surface area contributed by atoms with Gasteiger partial charge in [-0.2, -0.15) is 0 Å². The third-order valence-corrected chi connectivity index (χ3v) is 12.0. The van der Waals surface area contributed by atoms with Gasteiger partial charge in [0.05, 0.1) is 34.5 Å². The van der Waals surface area contributed by atoms with Crippen LogP contribution in [0.15, 0.2) is 59.7 Å². The van der Waals surface area contributed by atoms with Crippen LogP contribution in [0, 0.1) is 18.7 Å². The fourth-order valence-electron chi connectivity index (χ4n) is 8.89. The number of aromatic nitrogens is 2. The van der Waals surface area contributed by atoms with E-state index in [1.807, 2.05) is 37.0 Å². The average Bonchev–Trinajstić information content (AvgIpc) is 3.16. The third-order valence-electron chi connectivity index (χ3n) is 12.0. The van der Waals surface area contributed by atoms with Gasteiger partial charge in [-0.05, 0) is 112 Å². The topological polar surface area (TPSA) is 106 Å². The van der Waals surface area contributed by atoms with Crippen LogP contribution in [-0.4, -0.2) is 85.2 Å². The van der Waals surface area contributed by atoms with Crippen molar-refractivity contribution in [3.05, 3.63) is 82.2 Å². The quantitative estimate of drug-likeness (QED) is 0.247. The summed E-state index contributed by atoms with van der Waals surface area (Å²) in [6, 6.07) is 13.3. The number of aryl methyl sites for hydroxylation is 2. The number of rotatable bonds is 7. The lowest BCUT2D eigenvalue weighted by Gasteiger charge is -2.39. The van der Waals surface area contributed by atoms with Crippen molar-refractivity contribution in [3.8, 4) is 0 Å². The first kappa shape index (κ1) is 35.1. The lowest BCUT2D eigenvalue weighted by molar-refractivity contribution is -0.133. The largest absolute Gasteiger partial charge is 0.374 e. The smallest absolute Gasteiger partial charge is 0.253 e. The van der Waals surface area contributed by atoms with Gasteiger partial charge in [0.1, 0.15) is 11.9 Å². The Morgan fingerprint density at radius 1 is 0.849 bits per heavy atom. The van der Waals surface area contributed by atoms with E-state index in [4.69, 9.17) is 0 Å². The molecule has 278 valence electrons. The molecule has 6 heterocycles. The molecule has 4 aliphatic rings. The summed E-state index contributed by atoms with van der Waals surface area (Å²) in [5, 5.41) is 6.51. The van der Waals surface area contributed by atoms with E-state index in [1.54, 1.807) is 6.07 Å². The predicted octanol–water partition coefficient (Wildman–Crippen LogP) is 5.28. The fourth-order valence-corrected chi connectivity index (χ4v) is 8.89. The standard InChI is InChI=1S/C41H49FN8O3/c1-26-20-31-36(47(3)41(26)53)21-29(22-37(31)50-19-18-46(2)35-8-13-43-24-38(35)50)28-11-14-48(15-12-28)25-27-9-16-49(17-10-27)34-6-4-30(23-32(34)42)44-33-5-7-39(51)45-40(33)52/h4,6,8,13,20-24,27-28,33,44H,5,7,9-12,14-19,25H2,1-3H3,(H,45,51,52). The third kappa shape index (κ3) is 6.96. The van der Waals surface area contributed by atoms with E-state index in [2.05, 4.69) is 66.5 Å². The monoisotopic (exact) mass is 720 g/mol. The van der Waals surface area contributed by atoms with E-state index in [-0.39, 0.29) is 29.6 Å². The van der Waals surface area contributed by atoms with Crippen LogP contribution in [0.2, 0.25) is 0 Å². The van der Waals surface area contributed by atoms with Crippen LogP contribution in [0.3, 0.4) is 0 Å². The lowest BCUT2D eigenvalue weighted by atomic mass is 9.87. The SMILES string of the molecule is Cc1cc2c(N3CCN(C)c4ccncc43)cc(C3CCN(CC4CCN(c5ccc(NC6CCC(=O)NC6=O)cc5F)CC4)CC3)cc2n(C)c1=O. The van der Waals surface area contributed by atoms with Crippen molar-refractivity contribution in [2.45, 2.75) is 57.4 Å². The van der Waals surface area contributed by atoms with Crippen molar-refractivity contribution < 1.29 is 14.0 Å². The minimum atomic E-state index is -0.540. The number of pyridine rings is 2. The van der Waals surface area contributed by atoms with E-state index in [0.717, 1.165) is 105 Å². The van der Waals surface area contributed by atoms with Crippen LogP contribution in [-0.2, 0) is 16.6 Å². The summed E-state index contributed by atoms with van der Waals surface area (Å²) in [6.45, 7) is 8.37. The number of piperidine rings is 3. The van der Waals surface area contributed by atoms with E-state index in [1.165, 1.54) is 11.6 Å². The summed E-state index contributed by atoms with van der Waals surface area (Å²) < 4.78 is 17.1. The summed E-state index contributed by atoms with van der Waals surface area (Å²) in [4.78, 5) is 50.6. The van der Waals surface area contributed by atoms with Gasteiger partial charge < -0.3 is 29.5 Å². The zero-order chi connectivity index (χ0) is 36.8. The van der Waals surface area contributed by atoms with E-state index in [0.29, 0.717) is 29.6 Å². The van der Waals surface area contributed by atoms with Crippen molar-refractivity contribution in [2.24, 2.45) is 13.0 Å². The normalized spacial score (nSPS) is 20.5. The summed E-state index contributed by atoms with van der Waals surface area (Å²) in [7, 11) is 4.02. The molecule has 2 amide bonds. The molecule has 2 aromatic heterocycles. The molecule has 11 nitrogen and oxygen atoms in total. The summed E-state index contributed by atoms with van der Waals surface area (Å²) in [6.07, 6.45) is 8.63. The molecule has 12 heteroatoms. The second-order valence-electron chi connectivity index (χ2n) is 15.4. The Hall–Kier alpha value is -4.97. The number of nitrogens with zero attached hydrogens (tertiary/aromatic N) is 6. The zero-order valence-electron chi connectivity index (χ0n) is 30.9. The van der Waals surface area contributed by atoms with Crippen LogP contribution in [0.1, 0.15) is 55.6 Å². The Labute approximate surface area is 309 Å². The maximum Gasteiger partial charge on any atom is 0.253 e. The number of benzene rings is 2. The average molecular weight is 721 g/mol. The molecule has 4 aliphatic heterocycles. The Morgan fingerprint density at radius 2 is 1.64 bits per heavy atom.